The average molecular weight is 208 g/mol. The second-order valence-electron chi connectivity index (χ2n) is 4.06. The van der Waals surface area contributed by atoms with Crippen LogP contribution < -0.4 is 5.73 Å². The number of aromatic nitrogens is 1. The molecular formula is C12H20N2O. The summed E-state index contributed by atoms with van der Waals surface area (Å²) in [5.74, 6) is 0.688. The lowest BCUT2D eigenvalue weighted by Gasteiger charge is -2.06. The van der Waals surface area contributed by atoms with Crippen molar-refractivity contribution in [1.82, 2.24) is 4.98 Å². The van der Waals surface area contributed by atoms with Gasteiger partial charge in [0.05, 0.1) is 18.0 Å². The van der Waals surface area contributed by atoms with Crippen LogP contribution in [0.1, 0.15) is 31.7 Å². The third-order valence-electron chi connectivity index (χ3n) is 2.16. The van der Waals surface area contributed by atoms with E-state index in [1.165, 1.54) is 0 Å². The SMILES string of the molecule is CC(C)CCOCc1cccc(CN)n1. The van der Waals surface area contributed by atoms with Crippen LogP contribution in [0.4, 0.5) is 0 Å². The van der Waals surface area contributed by atoms with Crippen molar-refractivity contribution < 1.29 is 4.74 Å². The van der Waals surface area contributed by atoms with Gasteiger partial charge in [-0.3, -0.25) is 4.98 Å². The van der Waals surface area contributed by atoms with E-state index in [-0.39, 0.29) is 0 Å². The van der Waals surface area contributed by atoms with Gasteiger partial charge in [0.25, 0.3) is 0 Å². The Morgan fingerprint density at radius 3 is 2.73 bits per heavy atom. The Balaban J connectivity index is 2.30. The largest absolute Gasteiger partial charge is 0.375 e. The van der Waals surface area contributed by atoms with Gasteiger partial charge in [0.2, 0.25) is 0 Å². The van der Waals surface area contributed by atoms with Crippen molar-refractivity contribution in [2.45, 2.75) is 33.4 Å². The van der Waals surface area contributed by atoms with Gasteiger partial charge in [-0.1, -0.05) is 19.9 Å². The number of pyridine rings is 1. The molecule has 0 aliphatic rings. The van der Waals surface area contributed by atoms with Crippen molar-refractivity contribution >= 4 is 0 Å². The Labute approximate surface area is 91.7 Å². The summed E-state index contributed by atoms with van der Waals surface area (Å²) in [6, 6.07) is 5.86. The van der Waals surface area contributed by atoms with Gasteiger partial charge in [0.1, 0.15) is 0 Å². The van der Waals surface area contributed by atoms with Crippen LogP contribution >= 0.6 is 0 Å². The van der Waals surface area contributed by atoms with E-state index in [9.17, 15) is 0 Å². The zero-order valence-corrected chi connectivity index (χ0v) is 9.57. The minimum absolute atomic E-state index is 0.486. The lowest BCUT2D eigenvalue weighted by Crippen LogP contribution is -2.04. The van der Waals surface area contributed by atoms with Gasteiger partial charge in [-0.05, 0) is 24.5 Å². The fourth-order valence-corrected chi connectivity index (χ4v) is 1.22. The molecule has 0 aliphatic heterocycles. The molecule has 0 saturated carbocycles. The van der Waals surface area contributed by atoms with Crippen molar-refractivity contribution in [3.05, 3.63) is 29.6 Å². The molecule has 0 spiro atoms. The molecule has 84 valence electrons. The fraction of sp³-hybridized carbons (Fsp3) is 0.583. The van der Waals surface area contributed by atoms with E-state index in [0.717, 1.165) is 24.4 Å². The van der Waals surface area contributed by atoms with E-state index in [1.54, 1.807) is 0 Å². The molecule has 3 heteroatoms. The summed E-state index contributed by atoms with van der Waals surface area (Å²) >= 11 is 0. The summed E-state index contributed by atoms with van der Waals surface area (Å²) in [5.41, 5.74) is 7.39. The molecular weight excluding hydrogens is 188 g/mol. The topological polar surface area (TPSA) is 48.1 Å². The monoisotopic (exact) mass is 208 g/mol. The standard InChI is InChI=1S/C12H20N2O/c1-10(2)6-7-15-9-12-5-3-4-11(8-13)14-12/h3-5,10H,6-9,13H2,1-2H3. The van der Waals surface area contributed by atoms with Crippen molar-refractivity contribution in [1.29, 1.82) is 0 Å². The number of nitrogens with zero attached hydrogens (tertiary/aromatic N) is 1. The summed E-state index contributed by atoms with van der Waals surface area (Å²) in [4.78, 5) is 4.36. The van der Waals surface area contributed by atoms with E-state index >= 15 is 0 Å². The number of hydrogen-bond donors (Lipinski definition) is 1. The minimum atomic E-state index is 0.486. The molecule has 15 heavy (non-hydrogen) atoms. The molecule has 0 aliphatic carbocycles. The Hall–Kier alpha value is -0.930. The zero-order valence-electron chi connectivity index (χ0n) is 9.57. The first kappa shape index (κ1) is 12.1. The van der Waals surface area contributed by atoms with Crippen molar-refractivity contribution in [2.75, 3.05) is 6.61 Å². The summed E-state index contributed by atoms with van der Waals surface area (Å²) in [5, 5.41) is 0. The molecule has 1 rings (SSSR count). The molecule has 0 atom stereocenters. The Bertz CT molecular complexity index is 287. The molecule has 0 saturated heterocycles. The highest BCUT2D eigenvalue weighted by molar-refractivity contribution is 5.10. The Kier molecular flexibility index (Phi) is 5.29. The maximum atomic E-state index is 5.53. The highest BCUT2D eigenvalue weighted by atomic mass is 16.5. The van der Waals surface area contributed by atoms with Crippen molar-refractivity contribution in [3.63, 3.8) is 0 Å². The van der Waals surface area contributed by atoms with Gasteiger partial charge in [-0.15, -0.1) is 0 Å². The summed E-state index contributed by atoms with van der Waals surface area (Å²) in [6.45, 7) is 6.25. The molecule has 2 N–H and O–H groups in total. The molecule has 1 heterocycles. The van der Waals surface area contributed by atoms with Crippen LogP contribution in [0.3, 0.4) is 0 Å². The highest BCUT2D eigenvalue weighted by Crippen LogP contribution is 2.03. The van der Waals surface area contributed by atoms with Gasteiger partial charge >= 0.3 is 0 Å². The normalized spacial score (nSPS) is 10.9. The quantitative estimate of drug-likeness (QED) is 0.728. The number of rotatable bonds is 6. The maximum Gasteiger partial charge on any atom is 0.0887 e. The number of ether oxygens (including phenoxy) is 1. The average Bonchev–Trinajstić information content (AvgIpc) is 2.24. The molecule has 0 unspecified atom stereocenters. The van der Waals surface area contributed by atoms with E-state index in [1.807, 2.05) is 18.2 Å². The molecule has 1 aromatic heterocycles. The van der Waals surface area contributed by atoms with Gasteiger partial charge in [0, 0.05) is 13.2 Å². The summed E-state index contributed by atoms with van der Waals surface area (Å²) in [7, 11) is 0. The zero-order chi connectivity index (χ0) is 11.1. The predicted octanol–water partition coefficient (Wildman–Crippen LogP) is 2.10. The number of nitrogens with two attached hydrogens (primary N) is 1. The molecule has 0 aromatic carbocycles. The first-order chi connectivity index (χ1) is 7.22. The van der Waals surface area contributed by atoms with E-state index in [0.29, 0.717) is 19.1 Å². The van der Waals surface area contributed by atoms with Crippen LogP contribution in [0.2, 0.25) is 0 Å². The molecule has 3 nitrogen and oxygen atoms in total. The third kappa shape index (κ3) is 4.91. The van der Waals surface area contributed by atoms with Gasteiger partial charge in [-0.2, -0.15) is 0 Å². The van der Waals surface area contributed by atoms with Gasteiger partial charge < -0.3 is 10.5 Å². The maximum absolute atomic E-state index is 5.53. The Morgan fingerprint density at radius 2 is 2.07 bits per heavy atom. The lowest BCUT2D eigenvalue weighted by atomic mass is 10.1. The molecule has 0 amide bonds. The van der Waals surface area contributed by atoms with Crippen LogP contribution in [-0.4, -0.2) is 11.6 Å². The van der Waals surface area contributed by atoms with Gasteiger partial charge in [-0.25, -0.2) is 0 Å². The first-order valence-corrected chi connectivity index (χ1v) is 5.45. The second kappa shape index (κ2) is 6.53. The lowest BCUT2D eigenvalue weighted by molar-refractivity contribution is 0.108. The van der Waals surface area contributed by atoms with Crippen LogP contribution in [-0.2, 0) is 17.9 Å². The molecule has 0 radical (unpaired) electrons. The summed E-state index contributed by atoms with van der Waals surface area (Å²) < 4.78 is 5.53. The molecule has 0 bridgehead atoms. The third-order valence-corrected chi connectivity index (χ3v) is 2.16. The second-order valence-corrected chi connectivity index (χ2v) is 4.06. The van der Waals surface area contributed by atoms with E-state index in [4.69, 9.17) is 10.5 Å². The Morgan fingerprint density at radius 1 is 1.33 bits per heavy atom. The molecule has 1 aromatic rings. The van der Waals surface area contributed by atoms with Crippen molar-refractivity contribution in [3.8, 4) is 0 Å². The summed E-state index contributed by atoms with van der Waals surface area (Å²) in [6.07, 6.45) is 1.09. The van der Waals surface area contributed by atoms with Crippen LogP contribution in [0.5, 0.6) is 0 Å². The van der Waals surface area contributed by atoms with E-state index in [2.05, 4.69) is 18.8 Å². The van der Waals surface area contributed by atoms with Gasteiger partial charge in [0.15, 0.2) is 0 Å². The minimum Gasteiger partial charge on any atom is -0.375 e. The van der Waals surface area contributed by atoms with Crippen LogP contribution in [0, 0.1) is 5.92 Å². The number of hydrogen-bond acceptors (Lipinski definition) is 3. The molecule has 0 fully saturated rings. The highest BCUT2D eigenvalue weighted by Gasteiger charge is 1.98. The predicted molar refractivity (Wildman–Crippen MR) is 61.2 cm³/mol. The van der Waals surface area contributed by atoms with Crippen LogP contribution in [0.15, 0.2) is 18.2 Å². The van der Waals surface area contributed by atoms with E-state index < -0.39 is 0 Å². The fourth-order valence-electron chi connectivity index (χ4n) is 1.22. The first-order valence-electron chi connectivity index (χ1n) is 5.45. The van der Waals surface area contributed by atoms with Crippen molar-refractivity contribution in [2.24, 2.45) is 11.7 Å². The smallest absolute Gasteiger partial charge is 0.0887 e. The van der Waals surface area contributed by atoms with Crippen LogP contribution in [0.25, 0.3) is 0 Å².